The van der Waals surface area contributed by atoms with E-state index in [0.29, 0.717) is 19.4 Å². The lowest BCUT2D eigenvalue weighted by Gasteiger charge is -2.28. The molecule has 1 N–H and O–H groups in total. The quantitative estimate of drug-likeness (QED) is 0.319. The molecule has 0 aromatic carbocycles. The van der Waals surface area contributed by atoms with Crippen LogP contribution in [0.4, 0.5) is 0 Å². The average Bonchev–Trinajstić information content (AvgIpc) is 2.48. The molecule has 6 nitrogen and oxygen atoms in total. The minimum Gasteiger partial charge on any atom is -0.370 e. The van der Waals surface area contributed by atoms with Gasteiger partial charge in [0.25, 0.3) is 0 Å². The Hall–Kier alpha value is -0.923. The highest BCUT2D eigenvalue weighted by molar-refractivity contribution is 6.69. The third kappa shape index (κ3) is 6.89. The van der Waals surface area contributed by atoms with Crippen LogP contribution >= 0.6 is 0 Å². The molecule has 1 aliphatic rings. The third-order valence-electron chi connectivity index (χ3n) is 3.55. The Balaban J connectivity index is 2.51. The first kappa shape index (κ1) is 19.1. The number of hydrogen-bond acceptors (Lipinski definition) is 6. The van der Waals surface area contributed by atoms with Crippen molar-refractivity contribution >= 4 is 20.3 Å². The summed E-state index contributed by atoms with van der Waals surface area (Å²) in [6.07, 6.45) is 5.10. The summed E-state index contributed by atoms with van der Waals surface area (Å²) in [6.45, 7) is 8.50. The normalized spacial score (nSPS) is 22.2. The number of nitrogens with one attached hydrogen (secondary N) is 1. The minimum atomic E-state index is -1.93. The summed E-state index contributed by atoms with van der Waals surface area (Å²) in [6, 6.07) is 0. The third-order valence-corrected chi connectivity index (χ3v) is 4.13. The zero-order valence-electron chi connectivity index (χ0n) is 14.1. The number of carbonyl (C=O) groups excluding carboxylic acids is 2. The second kappa shape index (κ2) is 9.27. The highest BCUT2D eigenvalue weighted by Gasteiger charge is 2.39. The van der Waals surface area contributed by atoms with Gasteiger partial charge in [0, 0.05) is 6.54 Å². The van der Waals surface area contributed by atoms with Crippen molar-refractivity contribution in [1.82, 2.24) is 5.48 Å². The molecule has 22 heavy (non-hydrogen) atoms. The fraction of sp³-hybridized carbons (Fsp3) is 0.867. The summed E-state index contributed by atoms with van der Waals surface area (Å²) >= 11 is 0. The van der Waals surface area contributed by atoms with Crippen LogP contribution in [0, 0.1) is 11.8 Å². The van der Waals surface area contributed by atoms with Gasteiger partial charge < -0.3 is 9.73 Å². The predicted octanol–water partition coefficient (Wildman–Crippen LogP) is 2.95. The van der Waals surface area contributed by atoms with E-state index < -0.39 is 26.1 Å². The molecule has 1 aliphatic carbocycles. The first-order valence-electron chi connectivity index (χ1n) is 8.18. The summed E-state index contributed by atoms with van der Waals surface area (Å²) in [5, 5.41) is 0. The molecule has 0 aliphatic heterocycles. The SMILES string of the molecule is CCCCNOC(=O)C1CCCCC1C(=O)OO[Si](C)(C)C. The molecular weight excluding hydrogens is 302 g/mol. The molecule has 7 heteroatoms. The molecule has 2 atom stereocenters. The van der Waals surface area contributed by atoms with Gasteiger partial charge in [0.1, 0.15) is 0 Å². The molecular formula is C15H29NO5Si. The lowest BCUT2D eigenvalue weighted by molar-refractivity contribution is -0.228. The Morgan fingerprint density at radius 3 is 2.23 bits per heavy atom. The van der Waals surface area contributed by atoms with Crippen LogP contribution in [0.15, 0.2) is 0 Å². The molecule has 1 saturated carbocycles. The van der Waals surface area contributed by atoms with E-state index in [1.165, 1.54) is 0 Å². The summed E-state index contributed by atoms with van der Waals surface area (Å²) in [5.74, 6) is -1.73. The van der Waals surface area contributed by atoms with Crippen molar-refractivity contribution in [1.29, 1.82) is 0 Å². The molecule has 0 radical (unpaired) electrons. The molecule has 128 valence electrons. The maximum atomic E-state index is 12.2. The lowest BCUT2D eigenvalue weighted by Crippen LogP contribution is -2.38. The fourth-order valence-electron chi connectivity index (χ4n) is 2.37. The van der Waals surface area contributed by atoms with Gasteiger partial charge >= 0.3 is 11.9 Å². The first-order chi connectivity index (χ1) is 10.3. The van der Waals surface area contributed by atoms with Crippen LogP contribution in [0.25, 0.3) is 0 Å². The van der Waals surface area contributed by atoms with Crippen LogP contribution < -0.4 is 5.48 Å². The van der Waals surface area contributed by atoms with Gasteiger partial charge in [0.2, 0.25) is 8.32 Å². The van der Waals surface area contributed by atoms with Gasteiger partial charge in [0.05, 0.1) is 11.8 Å². The van der Waals surface area contributed by atoms with Crippen LogP contribution in [0.5, 0.6) is 0 Å². The Labute approximate surface area is 133 Å². The van der Waals surface area contributed by atoms with Gasteiger partial charge in [-0.05, 0) is 38.9 Å². The first-order valence-corrected chi connectivity index (χ1v) is 11.6. The monoisotopic (exact) mass is 331 g/mol. The largest absolute Gasteiger partial charge is 0.370 e. The number of hydroxylamine groups is 1. The molecule has 0 saturated heterocycles. The molecule has 0 aromatic heterocycles. The maximum Gasteiger partial charge on any atom is 0.344 e. The van der Waals surface area contributed by atoms with E-state index in [0.717, 1.165) is 25.7 Å². The zero-order valence-corrected chi connectivity index (χ0v) is 15.1. The van der Waals surface area contributed by atoms with E-state index in [4.69, 9.17) is 14.3 Å². The second-order valence-corrected chi connectivity index (χ2v) is 11.2. The smallest absolute Gasteiger partial charge is 0.344 e. The molecule has 0 bridgehead atoms. The topological polar surface area (TPSA) is 73.9 Å². The van der Waals surface area contributed by atoms with Gasteiger partial charge in [-0.3, -0.25) is 4.79 Å². The highest BCUT2D eigenvalue weighted by Crippen LogP contribution is 2.32. The van der Waals surface area contributed by atoms with Crippen molar-refractivity contribution in [3.05, 3.63) is 0 Å². The van der Waals surface area contributed by atoms with Crippen molar-refractivity contribution in [3.8, 4) is 0 Å². The maximum absolute atomic E-state index is 12.2. The molecule has 0 amide bonds. The van der Waals surface area contributed by atoms with Crippen molar-refractivity contribution < 1.29 is 23.9 Å². The second-order valence-electron chi connectivity index (χ2n) is 6.76. The van der Waals surface area contributed by atoms with Crippen molar-refractivity contribution in [3.63, 3.8) is 0 Å². The fourth-order valence-corrected chi connectivity index (χ4v) is 2.70. The summed E-state index contributed by atoms with van der Waals surface area (Å²) in [5.41, 5.74) is 2.67. The highest BCUT2D eigenvalue weighted by atomic mass is 28.4. The van der Waals surface area contributed by atoms with Gasteiger partial charge in [0.15, 0.2) is 0 Å². The van der Waals surface area contributed by atoms with Crippen LogP contribution in [0.3, 0.4) is 0 Å². The summed E-state index contributed by atoms with van der Waals surface area (Å²) < 4.78 is 5.21. The zero-order chi connectivity index (χ0) is 16.6. The lowest BCUT2D eigenvalue weighted by atomic mass is 9.79. The van der Waals surface area contributed by atoms with Gasteiger partial charge in [-0.15, -0.1) is 0 Å². The Bertz CT molecular complexity index is 369. The predicted molar refractivity (Wildman–Crippen MR) is 85.0 cm³/mol. The number of unbranched alkanes of at least 4 members (excludes halogenated alkanes) is 1. The number of hydrogen-bond donors (Lipinski definition) is 1. The molecule has 0 spiro atoms. The van der Waals surface area contributed by atoms with Crippen LogP contribution in [0.2, 0.25) is 19.6 Å². The Morgan fingerprint density at radius 2 is 1.68 bits per heavy atom. The van der Waals surface area contributed by atoms with Gasteiger partial charge in [-0.1, -0.05) is 26.2 Å². The minimum absolute atomic E-state index is 0.370. The van der Waals surface area contributed by atoms with E-state index in [1.807, 2.05) is 19.6 Å². The number of carbonyl (C=O) groups is 2. The van der Waals surface area contributed by atoms with E-state index in [2.05, 4.69) is 12.4 Å². The van der Waals surface area contributed by atoms with Crippen molar-refractivity contribution in [2.45, 2.75) is 65.1 Å². The van der Waals surface area contributed by atoms with E-state index in [9.17, 15) is 9.59 Å². The summed E-state index contributed by atoms with van der Waals surface area (Å²) in [4.78, 5) is 34.4. The van der Waals surface area contributed by atoms with Crippen LogP contribution in [0.1, 0.15) is 45.4 Å². The van der Waals surface area contributed by atoms with E-state index >= 15 is 0 Å². The van der Waals surface area contributed by atoms with Crippen molar-refractivity contribution in [2.75, 3.05) is 6.54 Å². The van der Waals surface area contributed by atoms with Crippen LogP contribution in [-0.2, 0) is 23.9 Å². The molecule has 2 unspecified atom stereocenters. The standard InChI is InChI=1S/C15H29NO5Si/c1-5-6-11-16-19-14(17)12-9-7-8-10-13(12)15(18)20-21-22(2,3)4/h12-13,16H,5-11H2,1-4H3. The Kier molecular flexibility index (Phi) is 8.06. The van der Waals surface area contributed by atoms with Crippen molar-refractivity contribution in [2.24, 2.45) is 11.8 Å². The average molecular weight is 331 g/mol. The summed E-state index contributed by atoms with van der Waals surface area (Å²) in [7, 11) is -1.93. The van der Waals surface area contributed by atoms with E-state index in [-0.39, 0.29) is 5.97 Å². The van der Waals surface area contributed by atoms with Crippen LogP contribution in [-0.4, -0.2) is 26.8 Å². The molecule has 0 aromatic rings. The Morgan fingerprint density at radius 1 is 1.09 bits per heavy atom. The number of rotatable bonds is 8. The van der Waals surface area contributed by atoms with E-state index in [1.54, 1.807) is 0 Å². The molecule has 1 rings (SSSR count). The molecule has 0 heterocycles. The van der Waals surface area contributed by atoms with Gasteiger partial charge in [-0.2, -0.15) is 5.48 Å². The molecule has 1 fully saturated rings. The van der Waals surface area contributed by atoms with Gasteiger partial charge in [-0.25, -0.2) is 9.37 Å².